The maximum atomic E-state index is 13.0. The molecule has 9 heteroatoms. The first-order valence-electron chi connectivity index (χ1n) is 12.4. The molecule has 4 aromatic carbocycles. The van der Waals surface area contributed by atoms with Gasteiger partial charge in [0.1, 0.15) is 30.5 Å². The summed E-state index contributed by atoms with van der Waals surface area (Å²) in [5.41, 5.74) is -0.109. The highest BCUT2D eigenvalue weighted by molar-refractivity contribution is 6.30. The predicted octanol–water partition coefficient (Wildman–Crippen LogP) is 4.54. The zero-order chi connectivity index (χ0) is 28.6. The van der Waals surface area contributed by atoms with Crippen LogP contribution in [0.25, 0.3) is 10.8 Å². The molecule has 0 spiro atoms. The number of phenolic OH excluding ortho intramolecular Hbond substituents is 2. The summed E-state index contributed by atoms with van der Waals surface area (Å²) in [6, 6.07) is 17.5. The van der Waals surface area contributed by atoms with Gasteiger partial charge >= 0.3 is 11.9 Å². The fourth-order valence-electron chi connectivity index (χ4n) is 4.66. The minimum absolute atomic E-state index is 0.0328. The molecule has 0 amide bonds. The molecule has 0 heterocycles. The Hall–Kier alpha value is -5.18. The number of aromatic hydroxyl groups is 2. The fourth-order valence-corrected chi connectivity index (χ4v) is 4.66. The maximum Gasteiger partial charge on any atom is 0.338 e. The van der Waals surface area contributed by atoms with E-state index >= 15 is 0 Å². The Bertz CT molecular complexity index is 1700. The number of phenols is 2. The average Bonchev–Trinajstić information content (AvgIpc) is 2.96. The Morgan fingerprint density at radius 1 is 0.775 bits per heavy atom. The largest absolute Gasteiger partial charge is 0.507 e. The van der Waals surface area contributed by atoms with Gasteiger partial charge in [0.05, 0.1) is 29.7 Å². The minimum Gasteiger partial charge on any atom is -0.507 e. The number of esters is 2. The number of hydrogen-bond acceptors (Lipinski definition) is 9. The fraction of sp³-hybridized carbons (Fsp3) is 0.161. The van der Waals surface area contributed by atoms with E-state index in [9.17, 15) is 29.4 Å². The molecule has 5 rings (SSSR count). The lowest BCUT2D eigenvalue weighted by atomic mass is 9.82. The van der Waals surface area contributed by atoms with Gasteiger partial charge in [0.2, 0.25) is 5.78 Å². The number of hydrogen-bond donors (Lipinski definition) is 2. The molecule has 0 radical (unpaired) electrons. The lowest BCUT2D eigenvalue weighted by molar-refractivity contribution is -0.146. The van der Waals surface area contributed by atoms with Crippen LogP contribution in [-0.2, 0) is 14.3 Å². The summed E-state index contributed by atoms with van der Waals surface area (Å²) in [7, 11) is 1.59. The van der Waals surface area contributed by atoms with E-state index in [1.807, 2.05) is 36.4 Å². The zero-order valence-corrected chi connectivity index (χ0v) is 21.6. The van der Waals surface area contributed by atoms with Crippen molar-refractivity contribution in [2.24, 2.45) is 0 Å². The van der Waals surface area contributed by atoms with Gasteiger partial charge in [-0.1, -0.05) is 36.4 Å². The first kappa shape index (κ1) is 26.4. The summed E-state index contributed by atoms with van der Waals surface area (Å²) in [4.78, 5) is 51.0. The number of methoxy groups -OCH3 is 1. The van der Waals surface area contributed by atoms with Crippen molar-refractivity contribution < 1.29 is 43.6 Å². The topological polar surface area (TPSA) is 136 Å². The highest BCUT2D eigenvalue weighted by Gasteiger charge is 2.35. The SMILES string of the molecule is COc1ccc2cc(C(C)C(=O)OCCOC(=O)c3cc(O)c4c(c3)C(=O)c3cccc(O)c3C4=O)ccc2c1. The summed E-state index contributed by atoms with van der Waals surface area (Å²) in [5, 5.41) is 22.4. The van der Waals surface area contributed by atoms with E-state index in [2.05, 4.69) is 0 Å². The second kappa shape index (κ2) is 10.5. The molecule has 1 atom stereocenters. The number of carbonyl (C=O) groups is 4. The van der Waals surface area contributed by atoms with Crippen molar-refractivity contribution in [3.63, 3.8) is 0 Å². The Morgan fingerprint density at radius 2 is 1.48 bits per heavy atom. The molecule has 4 aromatic rings. The highest BCUT2D eigenvalue weighted by atomic mass is 16.6. The van der Waals surface area contributed by atoms with Gasteiger partial charge in [-0.15, -0.1) is 0 Å². The standard InChI is InChI=1S/C31H24O9/c1-16(17-6-7-19-13-21(38-2)9-8-18(19)12-17)30(36)39-10-11-40-31(37)20-14-23-27(25(33)15-20)29(35)26-22(28(23)34)4-3-5-24(26)32/h3-9,12-16,32-33H,10-11H2,1-2H3. The Kier molecular flexibility index (Phi) is 6.96. The predicted molar refractivity (Wildman–Crippen MR) is 143 cm³/mol. The van der Waals surface area contributed by atoms with Crippen molar-refractivity contribution in [3.05, 3.63) is 100 Å². The number of ketones is 2. The molecule has 40 heavy (non-hydrogen) atoms. The number of ether oxygens (including phenoxy) is 3. The van der Waals surface area contributed by atoms with E-state index in [4.69, 9.17) is 14.2 Å². The van der Waals surface area contributed by atoms with Gasteiger partial charge in [-0.3, -0.25) is 14.4 Å². The van der Waals surface area contributed by atoms with E-state index in [0.717, 1.165) is 34.2 Å². The van der Waals surface area contributed by atoms with Crippen LogP contribution in [0.2, 0.25) is 0 Å². The van der Waals surface area contributed by atoms with Crippen molar-refractivity contribution in [1.29, 1.82) is 0 Å². The Labute approximate surface area is 228 Å². The van der Waals surface area contributed by atoms with Crippen molar-refractivity contribution in [3.8, 4) is 17.2 Å². The van der Waals surface area contributed by atoms with Gasteiger partial charge in [-0.25, -0.2) is 4.79 Å². The molecule has 0 saturated heterocycles. The Morgan fingerprint density at radius 3 is 2.25 bits per heavy atom. The normalized spacial score (nSPS) is 12.8. The first-order valence-corrected chi connectivity index (χ1v) is 12.4. The van der Waals surface area contributed by atoms with Crippen LogP contribution < -0.4 is 4.74 Å². The van der Waals surface area contributed by atoms with Crippen molar-refractivity contribution in [2.45, 2.75) is 12.8 Å². The molecule has 1 aliphatic carbocycles. The van der Waals surface area contributed by atoms with Crippen molar-refractivity contribution >= 4 is 34.3 Å². The summed E-state index contributed by atoms with van der Waals surface area (Å²) in [6.07, 6.45) is 0. The number of benzene rings is 4. The lowest BCUT2D eigenvalue weighted by Crippen LogP contribution is -2.22. The molecule has 0 aliphatic heterocycles. The third-order valence-corrected chi connectivity index (χ3v) is 6.82. The average molecular weight is 541 g/mol. The molecule has 9 nitrogen and oxygen atoms in total. The highest BCUT2D eigenvalue weighted by Crippen LogP contribution is 2.37. The van der Waals surface area contributed by atoms with Gasteiger partial charge in [0.25, 0.3) is 0 Å². The van der Waals surface area contributed by atoms with E-state index in [1.54, 1.807) is 14.0 Å². The molecule has 1 unspecified atom stereocenters. The summed E-state index contributed by atoms with van der Waals surface area (Å²) in [6.45, 7) is 1.24. The van der Waals surface area contributed by atoms with Crippen LogP contribution in [-0.4, -0.2) is 54.0 Å². The van der Waals surface area contributed by atoms with Gasteiger partial charge in [-0.2, -0.15) is 0 Å². The molecule has 1 aliphatic rings. The van der Waals surface area contributed by atoms with Gasteiger partial charge in [0, 0.05) is 11.1 Å². The molecule has 0 fully saturated rings. The third-order valence-electron chi connectivity index (χ3n) is 6.82. The van der Waals surface area contributed by atoms with Crippen molar-refractivity contribution in [1.82, 2.24) is 0 Å². The molecular weight excluding hydrogens is 516 g/mol. The van der Waals surface area contributed by atoms with E-state index in [1.165, 1.54) is 18.2 Å². The van der Waals surface area contributed by atoms with E-state index in [-0.39, 0.29) is 46.8 Å². The number of carbonyl (C=O) groups excluding carboxylic acids is 4. The van der Waals surface area contributed by atoms with Crippen LogP contribution in [0.15, 0.2) is 66.7 Å². The summed E-state index contributed by atoms with van der Waals surface area (Å²) in [5.74, 6) is -3.53. The van der Waals surface area contributed by atoms with Crippen LogP contribution in [0, 0.1) is 0 Å². The molecule has 0 bridgehead atoms. The van der Waals surface area contributed by atoms with Crippen LogP contribution in [0.5, 0.6) is 17.2 Å². The smallest absolute Gasteiger partial charge is 0.338 e. The van der Waals surface area contributed by atoms with E-state index in [0.29, 0.717) is 0 Å². The molecule has 2 N–H and O–H groups in total. The monoisotopic (exact) mass is 540 g/mol. The van der Waals surface area contributed by atoms with Crippen LogP contribution in [0.4, 0.5) is 0 Å². The quantitative estimate of drug-likeness (QED) is 0.225. The second-order valence-corrected chi connectivity index (χ2v) is 9.27. The van der Waals surface area contributed by atoms with Gasteiger partial charge < -0.3 is 24.4 Å². The number of rotatable bonds is 7. The lowest BCUT2D eigenvalue weighted by Gasteiger charge is -2.19. The summed E-state index contributed by atoms with van der Waals surface area (Å²) >= 11 is 0. The summed E-state index contributed by atoms with van der Waals surface area (Å²) < 4.78 is 15.7. The molecule has 0 saturated carbocycles. The van der Waals surface area contributed by atoms with Crippen LogP contribution in [0.3, 0.4) is 0 Å². The second-order valence-electron chi connectivity index (χ2n) is 9.27. The van der Waals surface area contributed by atoms with E-state index < -0.39 is 35.2 Å². The van der Waals surface area contributed by atoms with Crippen molar-refractivity contribution in [2.75, 3.05) is 20.3 Å². The van der Waals surface area contributed by atoms with Gasteiger partial charge in [-0.05, 0) is 53.6 Å². The number of fused-ring (bicyclic) bond motifs is 3. The Balaban J connectivity index is 1.21. The zero-order valence-electron chi connectivity index (χ0n) is 21.6. The molecule has 202 valence electrons. The molecular formula is C31H24O9. The minimum atomic E-state index is -0.880. The van der Waals surface area contributed by atoms with Crippen LogP contribution in [0.1, 0.15) is 60.6 Å². The third kappa shape index (κ3) is 4.73. The molecule has 0 aromatic heterocycles. The van der Waals surface area contributed by atoms with Crippen LogP contribution >= 0.6 is 0 Å². The first-order chi connectivity index (χ1) is 19.2. The maximum absolute atomic E-state index is 13.0. The van der Waals surface area contributed by atoms with Gasteiger partial charge in [0.15, 0.2) is 5.78 Å².